The van der Waals surface area contributed by atoms with Gasteiger partial charge in [-0.05, 0) is 36.6 Å². The average Bonchev–Trinajstić information content (AvgIpc) is 3.27. The molecule has 0 spiro atoms. The Morgan fingerprint density at radius 1 is 1.35 bits per heavy atom. The summed E-state index contributed by atoms with van der Waals surface area (Å²) in [4.78, 5) is 22.7. The van der Waals surface area contributed by atoms with Crippen molar-refractivity contribution in [1.82, 2.24) is 5.32 Å². The van der Waals surface area contributed by atoms with Gasteiger partial charge in [0.2, 0.25) is 0 Å². The summed E-state index contributed by atoms with van der Waals surface area (Å²) in [6.45, 7) is -0.423. The monoisotopic (exact) mass is 347 g/mol. The van der Waals surface area contributed by atoms with Crippen molar-refractivity contribution in [2.24, 2.45) is 0 Å². The van der Waals surface area contributed by atoms with Gasteiger partial charge in [-0.15, -0.1) is 0 Å². The largest absolute Gasteiger partial charge is 0.452 e. The number of ether oxygens (including phenoxy) is 1. The molecule has 0 heterocycles. The maximum Gasteiger partial charge on any atom is 0.417 e. The maximum atomic E-state index is 12.7. The normalized spacial score (nSPS) is 14.8. The zero-order chi connectivity index (χ0) is 17.0. The highest BCUT2D eigenvalue weighted by atomic mass is 35.5. The second-order valence-electron chi connectivity index (χ2n) is 5.02. The second-order valence-corrected chi connectivity index (χ2v) is 5.43. The summed E-state index contributed by atoms with van der Waals surface area (Å²) in [7, 11) is 0. The van der Waals surface area contributed by atoms with Crippen molar-refractivity contribution in [3.8, 4) is 0 Å². The Labute approximate surface area is 135 Å². The quantitative estimate of drug-likeness (QED) is 0.657. The minimum Gasteiger partial charge on any atom is -0.452 e. The third kappa shape index (κ3) is 5.59. The zero-order valence-electron chi connectivity index (χ0n) is 11.8. The molecule has 2 rings (SSSR count). The molecule has 1 aliphatic carbocycles. The molecule has 23 heavy (non-hydrogen) atoms. The fraction of sp³-hybridized carbons (Fsp3) is 0.333. The van der Waals surface area contributed by atoms with Gasteiger partial charge in [-0.2, -0.15) is 13.2 Å². The van der Waals surface area contributed by atoms with E-state index >= 15 is 0 Å². The van der Waals surface area contributed by atoms with Crippen LogP contribution in [0.25, 0.3) is 6.08 Å². The van der Waals surface area contributed by atoms with Crippen molar-refractivity contribution in [2.45, 2.75) is 25.1 Å². The lowest BCUT2D eigenvalue weighted by Crippen LogP contribution is -2.30. The third-order valence-electron chi connectivity index (χ3n) is 3.00. The Hall–Kier alpha value is -2.02. The van der Waals surface area contributed by atoms with Crippen LogP contribution >= 0.6 is 11.6 Å². The van der Waals surface area contributed by atoms with Crippen molar-refractivity contribution in [3.63, 3.8) is 0 Å². The van der Waals surface area contributed by atoms with Crippen LogP contribution in [-0.2, 0) is 20.5 Å². The number of esters is 1. The summed E-state index contributed by atoms with van der Waals surface area (Å²) in [5.74, 6) is -1.22. The van der Waals surface area contributed by atoms with Gasteiger partial charge in [0.25, 0.3) is 5.91 Å². The standard InChI is InChI=1S/C15H13ClF3NO3/c16-12-5-1-9(7-11(12)15(17,18)19)2-6-14(22)23-8-13(21)20-10-3-4-10/h1-2,5-7,10H,3-4,8H2,(H,20,21)/b6-2+. The van der Waals surface area contributed by atoms with Crippen LogP contribution in [-0.4, -0.2) is 24.5 Å². The number of hydrogen-bond donors (Lipinski definition) is 1. The van der Waals surface area contributed by atoms with E-state index in [-0.39, 0.29) is 11.6 Å². The predicted octanol–water partition coefficient (Wildman–Crippen LogP) is 3.19. The minimum absolute atomic E-state index is 0.140. The number of carbonyl (C=O) groups is 2. The van der Waals surface area contributed by atoms with Crippen molar-refractivity contribution < 1.29 is 27.5 Å². The molecule has 0 unspecified atom stereocenters. The van der Waals surface area contributed by atoms with Crippen molar-refractivity contribution in [1.29, 1.82) is 0 Å². The molecule has 0 aromatic heterocycles. The SMILES string of the molecule is O=C(COC(=O)/C=C/c1ccc(Cl)c(C(F)(F)F)c1)NC1CC1. The third-order valence-corrected chi connectivity index (χ3v) is 3.33. The smallest absolute Gasteiger partial charge is 0.417 e. The van der Waals surface area contributed by atoms with E-state index in [1.54, 1.807) is 0 Å². The molecule has 0 aliphatic heterocycles. The first-order valence-electron chi connectivity index (χ1n) is 6.76. The molecule has 0 saturated heterocycles. The second kappa shape index (κ2) is 7.04. The zero-order valence-corrected chi connectivity index (χ0v) is 12.6. The molecule has 0 radical (unpaired) electrons. The van der Waals surface area contributed by atoms with Crippen LogP contribution in [0.5, 0.6) is 0 Å². The lowest BCUT2D eigenvalue weighted by molar-refractivity contribution is -0.143. The number of amides is 1. The van der Waals surface area contributed by atoms with Crippen molar-refractivity contribution in [2.75, 3.05) is 6.61 Å². The van der Waals surface area contributed by atoms with Crippen LogP contribution in [0.2, 0.25) is 5.02 Å². The first-order chi connectivity index (χ1) is 10.8. The van der Waals surface area contributed by atoms with Gasteiger partial charge >= 0.3 is 12.1 Å². The molecule has 124 valence electrons. The van der Waals surface area contributed by atoms with Crippen LogP contribution in [0.15, 0.2) is 24.3 Å². The highest BCUT2D eigenvalue weighted by Crippen LogP contribution is 2.35. The summed E-state index contributed by atoms with van der Waals surface area (Å²) >= 11 is 5.49. The van der Waals surface area contributed by atoms with Crippen molar-refractivity contribution in [3.05, 3.63) is 40.4 Å². The number of benzene rings is 1. The van der Waals surface area contributed by atoms with E-state index in [1.165, 1.54) is 6.07 Å². The highest BCUT2D eigenvalue weighted by Gasteiger charge is 2.33. The van der Waals surface area contributed by atoms with E-state index in [4.69, 9.17) is 11.6 Å². The first-order valence-corrected chi connectivity index (χ1v) is 7.14. The van der Waals surface area contributed by atoms with Crippen LogP contribution in [0, 0.1) is 0 Å². The number of rotatable bonds is 5. The van der Waals surface area contributed by atoms with Gasteiger partial charge < -0.3 is 10.1 Å². The summed E-state index contributed by atoms with van der Waals surface area (Å²) in [6.07, 6.45) is -0.641. The molecular weight excluding hydrogens is 335 g/mol. The van der Waals surface area contributed by atoms with Gasteiger partial charge in [0.05, 0.1) is 10.6 Å². The van der Waals surface area contributed by atoms with E-state index in [0.29, 0.717) is 0 Å². The van der Waals surface area contributed by atoms with E-state index in [9.17, 15) is 22.8 Å². The molecule has 1 aromatic carbocycles. The molecule has 1 amide bonds. The molecular formula is C15H13ClF3NO3. The Kier molecular flexibility index (Phi) is 5.30. The fourth-order valence-corrected chi connectivity index (χ4v) is 1.93. The van der Waals surface area contributed by atoms with Crippen LogP contribution in [0.1, 0.15) is 24.0 Å². The molecule has 4 nitrogen and oxygen atoms in total. The Balaban J connectivity index is 1.91. The molecule has 0 atom stereocenters. The van der Waals surface area contributed by atoms with Crippen LogP contribution in [0.3, 0.4) is 0 Å². The van der Waals surface area contributed by atoms with Gasteiger partial charge in [-0.3, -0.25) is 4.79 Å². The summed E-state index contributed by atoms with van der Waals surface area (Å²) in [5.41, 5.74) is -0.848. The van der Waals surface area contributed by atoms with Gasteiger partial charge in [-0.25, -0.2) is 4.79 Å². The topological polar surface area (TPSA) is 55.4 Å². The van der Waals surface area contributed by atoms with Gasteiger partial charge in [-0.1, -0.05) is 17.7 Å². The number of alkyl halides is 3. The first kappa shape index (κ1) is 17.3. The summed E-state index contributed by atoms with van der Waals surface area (Å²) in [5, 5.41) is 2.21. The van der Waals surface area contributed by atoms with Gasteiger partial charge in [0.15, 0.2) is 6.61 Å². The number of carbonyl (C=O) groups excluding carboxylic acids is 2. The molecule has 8 heteroatoms. The van der Waals surface area contributed by atoms with E-state index < -0.39 is 35.2 Å². The van der Waals surface area contributed by atoms with Gasteiger partial charge in [0.1, 0.15) is 0 Å². The number of hydrogen-bond acceptors (Lipinski definition) is 3. The minimum atomic E-state index is -4.58. The van der Waals surface area contributed by atoms with Crippen LogP contribution in [0.4, 0.5) is 13.2 Å². The fourth-order valence-electron chi connectivity index (χ4n) is 1.71. The number of halogens is 4. The Morgan fingerprint density at radius 3 is 2.65 bits per heavy atom. The summed E-state index contributed by atoms with van der Waals surface area (Å²) < 4.78 is 42.8. The van der Waals surface area contributed by atoms with E-state index in [0.717, 1.165) is 37.1 Å². The lowest BCUT2D eigenvalue weighted by atomic mass is 10.1. The highest BCUT2D eigenvalue weighted by molar-refractivity contribution is 6.31. The maximum absolute atomic E-state index is 12.7. The molecule has 1 saturated carbocycles. The van der Waals surface area contributed by atoms with Crippen LogP contribution < -0.4 is 5.32 Å². The lowest BCUT2D eigenvalue weighted by Gasteiger charge is -2.09. The van der Waals surface area contributed by atoms with Gasteiger partial charge in [0, 0.05) is 12.1 Å². The van der Waals surface area contributed by atoms with E-state index in [1.807, 2.05) is 0 Å². The average molecular weight is 348 g/mol. The van der Waals surface area contributed by atoms with E-state index in [2.05, 4.69) is 10.1 Å². The van der Waals surface area contributed by atoms with Crippen molar-refractivity contribution >= 4 is 29.6 Å². The Morgan fingerprint density at radius 2 is 2.04 bits per heavy atom. The molecule has 0 bridgehead atoms. The molecule has 1 aromatic rings. The molecule has 1 N–H and O–H groups in total. The number of nitrogens with one attached hydrogen (secondary N) is 1. The Bertz CT molecular complexity index is 639. The molecule has 1 aliphatic rings. The summed E-state index contributed by atoms with van der Waals surface area (Å²) in [6, 6.07) is 3.41. The predicted molar refractivity (Wildman–Crippen MR) is 77.6 cm³/mol. The molecule has 1 fully saturated rings.